The van der Waals surface area contributed by atoms with E-state index in [9.17, 15) is 4.79 Å². The summed E-state index contributed by atoms with van der Waals surface area (Å²) in [6.07, 6.45) is 3.80. The minimum absolute atomic E-state index is 0.210. The smallest absolute Gasteiger partial charge is 0.410 e. The second-order valence-electron chi connectivity index (χ2n) is 5.39. The highest BCUT2D eigenvalue weighted by molar-refractivity contribution is 6.18. The Labute approximate surface area is 115 Å². The molecule has 4 nitrogen and oxygen atoms in total. The minimum atomic E-state index is -0.419. The van der Waals surface area contributed by atoms with Gasteiger partial charge in [0.2, 0.25) is 0 Å². The number of nitrogens with zero attached hydrogens (tertiary/aromatic N) is 2. The van der Waals surface area contributed by atoms with Crippen LogP contribution in [0.2, 0.25) is 0 Å². The molecule has 1 aliphatic heterocycles. The SMILES string of the molecule is CC(C)(C)OC(=O)N1CCN(CC=CCCl)CC1. The van der Waals surface area contributed by atoms with Gasteiger partial charge >= 0.3 is 6.09 Å². The normalized spacial score (nSPS) is 18.3. The van der Waals surface area contributed by atoms with Crippen molar-refractivity contribution in [1.29, 1.82) is 0 Å². The second kappa shape index (κ2) is 7.00. The van der Waals surface area contributed by atoms with E-state index in [1.807, 2.05) is 26.8 Å². The number of piperazine rings is 1. The summed E-state index contributed by atoms with van der Waals surface area (Å²) in [6, 6.07) is 0. The molecule has 0 aromatic heterocycles. The van der Waals surface area contributed by atoms with Crippen LogP contribution in [0, 0.1) is 0 Å². The number of rotatable bonds is 3. The topological polar surface area (TPSA) is 32.8 Å². The van der Waals surface area contributed by atoms with Crippen LogP contribution in [-0.2, 0) is 4.74 Å². The Hall–Kier alpha value is -0.740. The van der Waals surface area contributed by atoms with Gasteiger partial charge < -0.3 is 9.64 Å². The number of amides is 1. The molecule has 18 heavy (non-hydrogen) atoms. The second-order valence-corrected chi connectivity index (χ2v) is 5.70. The molecular weight excluding hydrogens is 252 g/mol. The lowest BCUT2D eigenvalue weighted by molar-refractivity contribution is 0.0154. The van der Waals surface area contributed by atoms with Crippen molar-refractivity contribution in [3.63, 3.8) is 0 Å². The largest absolute Gasteiger partial charge is 0.444 e. The van der Waals surface area contributed by atoms with E-state index < -0.39 is 5.60 Å². The summed E-state index contributed by atoms with van der Waals surface area (Å²) < 4.78 is 5.35. The fourth-order valence-electron chi connectivity index (χ4n) is 1.73. The van der Waals surface area contributed by atoms with E-state index in [4.69, 9.17) is 16.3 Å². The highest BCUT2D eigenvalue weighted by Crippen LogP contribution is 2.11. The van der Waals surface area contributed by atoms with E-state index in [0.29, 0.717) is 5.88 Å². The van der Waals surface area contributed by atoms with E-state index in [2.05, 4.69) is 11.0 Å². The van der Waals surface area contributed by atoms with Crippen molar-refractivity contribution in [2.24, 2.45) is 0 Å². The van der Waals surface area contributed by atoms with Gasteiger partial charge in [-0.2, -0.15) is 0 Å². The number of halogens is 1. The Balaban J connectivity index is 2.30. The third kappa shape index (κ3) is 5.74. The van der Waals surface area contributed by atoms with Crippen LogP contribution in [0.3, 0.4) is 0 Å². The molecule has 0 unspecified atom stereocenters. The summed E-state index contributed by atoms with van der Waals surface area (Å²) in [5, 5.41) is 0. The van der Waals surface area contributed by atoms with E-state index >= 15 is 0 Å². The van der Waals surface area contributed by atoms with Crippen LogP contribution in [0.25, 0.3) is 0 Å². The highest BCUT2D eigenvalue weighted by atomic mass is 35.5. The maximum absolute atomic E-state index is 11.8. The lowest BCUT2D eigenvalue weighted by Crippen LogP contribution is -2.49. The molecule has 0 atom stereocenters. The maximum atomic E-state index is 11.8. The Morgan fingerprint density at radius 2 is 1.83 bits per heavy atom. The molecular formula is C13H23ClN2O2. The molecule has 0 bridgehead atoms. The molecule has 0 aromatic rings. The van der Waals surface area contributed by atoms with Gasteiger partial charge in [-0.05, 0) is 20.8 Å². The molecule has 0 N–H and O–H groups in total. The monoisotopic (exact) mass is 274 g/mol. The lowest BCUT2D eigenvalue weighted by Gasteiger charge is -2.35. The molecule has 1 fully saturated rings. The Morgan fingerprint density at radius 1 is 1.22 bits per heavy atom. The zero-order valence-electron chi connectivity index (χ0n) is 11.5. The van der Waals surface area contributed by atoms with Gasteiger partial charge in [-0.15, -0.1) is 11.6 Å². The average Bonchev–Trinajstić information content (AvgIpc) is 2.28. The van der Waals surface area contributed by atoms with Gasteiger partial charge in [0.05, 0.1) is 0 Å². The fraction of sp³-hybridized carbons (Fsp3) is 0.769. The van der Waals surface area contributed by atoms with E-state index in [0.717, 1.165) is 32.7 Å². The van der Waals surface area contributed by atoms with Crippen molar-refractivity contribution in [1.82, 2.24) is 9.80 Å². The van der Waals surface area contributed by atoms with E-state index in [1.165, 1.54) is 0 Å². The van der Waals surface area contributed by atoms with Gasteiger partial charge in [-0.1, -0.05) is 12.2 Å². The lowest BCUT2D eigenvalue weighted by atomic mass is 10.2. The molecule has 1 amide bonds. The molecule has 0 aromatic carbocycles. The first-order chi connectivity index (χ1) is 8.42. The third-order valence-corrected chi connectivity index (χ3v) is 2.82. The van der Waals surface area contributed by atoms with Gasteiger partial charge in [-0.3, -0.25) is 4.90 Å². The number of hydrogen-bond donors (Lipinski definition) is 0. The van der Waals surface area contributed by atoms with E-state index in [-0.39, 0.29) is 6.09 Å². The summed E-state index contributed by atoms with van der Waals surface area (Å²) >= 11 is 5.57. The molecule has 0 radical (unpaired) electrons. The number of allylic oxidation sites excluding steroid dienone is 1. The van der Waals surface area contributed by atoms with Crippen molar-refractivity contribution in [2.75, 3.05) is 38.6 Å². The Bertz CT molecular complexity index is 292. The Morgan fingerprint density at radius 3 is 2.33 bits per heavy atom. The predicted molar refractivity (Wildman–Crippen MR) is 74.1 cm³/mol. The summed E-state index contributed by atoms with van der Waals surface area (Å²) in [6.45, 7) is 9.77. The number of alkyl halides is 1. The molecule has 0 aliphatic carbocycles. The predicted octanol–water partition coefficient (Wildman–Crippen LogP) is 2.33. The average molecular weight is 275 g/mol. The first kappa shape index (κ1) is 15.3. The molecule has 0 spiro atoms. The van der Waals surface area contributed by atoms with Crippen LogP contribution in [0.1, 0.15) is 20.8 Å². The minimum Gasteiger partial charge on any atom is -0.444 e. The fourth-order valence-corrected chi connectivity index (χ4v) is 1.85. The van der Waals surface area contributed by atoms with Crippen molar-refractivity contribution in [3.05, 3.63) is 12.2 Å². The highest BCUT2D eigenvalue weighted by Gasteiger charge is 2.25. The van der Waals surface area contributed by atoms with Crippen LogP contribution in [0.4, 0.5) is 4.79 Å². The first-order valence-corrected chi connectivity index (χ1v) is 6.87. The first-order valence-electron chi connectivity index (χ1n) is 6.33. The molecule has 5 heteroatoms. The number of hydrogen-bond acceptors (Lipinski definition) is 3. The number of carbonyl (C=O) groups excluding carboxylic acids is 1. The van der Waals surface area contributed by atoms with Crippen LogP contribution in [-0.4, -0.2) is 60.1 Å². The van der Waals surface area contributed by atoms with Gasteiger partial charge in [0, 0.05) is 38.6 Å². The number of ether oxygens (including phenoxy) is 1. The molecule has 1 rings (SSSR count). The van der Waals surface area contributed by atoms with E-state index in [1.54, 1.807) is 4.90 Å². The summed E-state index contributed by atoms with van der Waals surface area (Å²) in [7, 11) is 0. The summed E-state index contributed by atoms with van der Waals surface area (Å²) in [4.78, 5) is 15.9. The van der Waals surface area contributed by atoms with Crippen LogP contribution in [0.15, 0.2) is 12.2 Å². The molecule has 1 saturated heterocycles. The molecule has 1 aliphatic rings. The molecule has 0 saturated carbocycles. The van der Waals surface area contributed by atoms with Crippen molar-refractivity contribution >= 4 is 17.7 Å². The standard InChI is InChI=1S/C13H23ClN2O2/c1-13(2,3)18-12(17)16-10-8-15(9-11-16)7-5-4-6-14/h4-5H,6-11H2,1-3H3. The summed E-state index contributed by atoms with van der Waals surface area (Å²) in [5.41, 5.74) is -0.419. The Kier molecular flexibility index (Phi) is 5.96. The van der Waals surface area contributed by atoms with Crippen LogP contribution in [0.5, 0.6) is 0 Å². The summed E-state index contributed by atoms with van der Waals surface area (Å²) in [5.74, 6) is 0.553. The molecule has 1 heterocycles. The number of carbonyl (C=O) groups is 1. The van der Waals surface area contributed by atoms with Crippen molar-refractivity contribution < 1.29 is 9.53 Å². The van der Waals surface area contributed by atoms with Crippen LogP contribution < -0.4 is 0 Å². The van der Waals surface area contributed by atoms with Crippen LogP contribution >= 0.6 is 11.6 Å². The molecule has 104 valence electrons. The third-order valence-electron chi connectivity index (χ3n) is 2.64. The quantitative estimate of drug-likeness (QED) is 0.585. The van der Waals surface area contributed by atoms with Gasteiger partial charge in [0.1, 0.15) is 5.60 Å². The zero-order chi connectivity index (χ0) is 13.6. The van der Waals surface area contributed by atoms with Gasteiger partial charge in [-0.25, -0.2) is 4.79 Å². The van der Waals surface area contributed by atoms with Gasteiger partial charge in [0.15, 0.2) is 0 Å². The van der Waals surface area contributed by atoms with Crippen molar-refractivity contribution in [2.45, 2.75) is 26.4 Å². The van der Waals surface area contributed by atoms with Crippen molar-refractivity contribution in [3.8, 4) is 0 Å². The maximum Gasteiger partial charge on any atom is 0.410 e. The zero-order valence-corrected chi connectivity index (χ0v) is 12.2. The van der Waals surface area contributed by atoms with Gasteiger partial charge in [0.25, 0.3) is 0 Å².